The van der Waals surface area contributed by atoms with E-state index in [1.54, 1.807) is 0 Å². The van der Waals surface area contributed by atoms with Gasteiger partial charge in [0, 0.05) is 7.05 Å². The average molecular weight is 234 g/mol. The van der Waals surface area contributed by atoms with E-state index in [2.05, 4.69) is 4.98 Å². The van der Waals surface area contributed by atoms with Gasteiger partial charge in [-0.25, -0.2) is 9.78 Å². The van der Waals surface area contributed by atoms with Gasteiger partial charge in [-0.2, -0.15) is 0 Å². The minimum atomic E-state index is -0.973. The summed E-state index contributed by atoms with van der Waals surface area (Å²) in [7, 11) is 1.89. The number of aryl methyl sites for hydroxylation is 2. The molecule has 90 valence electrons. The van der Waals surface area contributed by atoms with Crippen LogP contribution in [0.5, 0.6) is 0 Å². The molecule has 0 aliphatic carbocycles. The standard InChI is InChI=1S/C12H14N2O3/c1-8-3-4-10-9(5-8)13-11(14(10)2)6-17-7-12(15)16/h3-5H,6-7H2,1-2H3,(H,15,16). The van der Waals surface area contributed by atoms with E-state index in [9.17, 15) is 4.79 Å². The second-order valence-corrected chi connectivity index (χ2v) is 3.97. The van der Waals surface area contributed by atoms with Crippen LogP contribution in [-0.2, 0) is 23.2 Å². The first-order chi connectivity index (χ1) is 8.08. The van der Waals surface area contributed by atoms with Crippen LogP contribution in [0.1, 0.15) is 11.4 Å². The molecule has 0 radical (unpaired) electrons. The normalized spacial score (nSPS) is 10.9. The summed E-state index contributed by atoms with van der Waals surface area (Å²) in [5.74, 6) is -0.244. The van der Waals surface area contributed by atoms with E-state index in [0.29, 0.717) is 0 Å². The third-order valence-electron chi connectivity index (χ3n) is 2.59. The summed E-state index contributed by atoms with van der Waals surface area (Å²) < 4.78 is 6.95. The van der Waals surface area contributed by atoms with Crippen LogP contribution in [0.2, 0.25) is 0 Å². The predicted molar refractivity (Wildman–Crippen MR) is 62.7 cm³/mol. The smallest absolute Gasteiger partial charge is 0.329 e. The van der Waals surface area contributed by atoms with Gasteiger partial charge in [-0.1, -0.05) is 6.07 Å². The highest BCUT2D eigenvalue weighted by Gasteiger charge is 2.08. The Bertz CT molecular complexity index is 560. The van der Waals surface area contributed by atoms with Gasteiger partial charge in [0.15, 0.2) is 0 Å². The third kappa shape index (κ3) is 2.45. The number of carbonyl (C=O) groups is 1. The summed E-state index contributed by atoms with van der Waals surface area (Å²) in [6, 6.07) is 6.01. The van der Waals surface area contributed by atoms with Gasteiger partial charge in [-0.3, -0.25) is 0 Å². The van der Waals surface area contributed by atoms with Gasteiger partial charge >= 0.3 is 5.97 Å². The lowest BCUT2D eigenvalue weighted by Crippen LogP contribution is -2.09. The van der Waals surface area contributed by atoms with Crippen molar-refractivity contribution in [3.63, 3.8) is 0 Å². The van der Waals surface area contributed by atoms with Crippen molar-refractivity contribution < 1.29 is 14.6 Å². The van der Waals surface area contributed by atoms with Gasteiger partial charge < -0.3 is 14.4 Å². The highest BCUT2D eigenvalue weighted by Crippen LogP contribution is 2.16. The minimum absolute atomic E-state index is 0.205. The number of rotatable bonds is 4. The summed E-state index contributed by atoms with van der Waals surface area (Å²) in [6.07, 6.45) is 0. The summed E-state index contributed by atoms with van der Waals surface area (Å²) >= 11 is 0. The molecule has 0 saturated carbocycles. The molecule has 0 unspecified atom stereocenters. The van der Waals surface area contributed by atoms with Crippen LogP contribution in [0.15, 0.2) is 18.2 Å². The van der Waals surface area contributed by atoms with Crippen LogP contribution in [0.25, 0.3) is 11.0 Å². The van der Waals surface area contributed by atoms with Gasteiger partial charge in [0.1, 0.15) is 19.0 Å². The lowest BCUT2D eigenvalue weighted by molar-refractivity contribution is -0.142. The Morgan fingerprint density at radius 1 is 1.53 bits per heavy atom. The molecule has 17 heavy (non-hydrogen) atoms. The SMILES string of the molecule is Cc1ccc2c(c1)nc(COCC(=O)O)n2C. The Kier molecular flexibility index (Phi) is 3.10. The molecule has 0 aliphatic heterocycles. The highest BCUT2D eigenvalue weighted by atomic mass is 16.5. The molecule has 1 aromatic carbocycles. The Hall–Kier alpha value is -1.88. The first kappa shape index (κ1) is 11.6. The van der Waals surface area contributed by atoms with Crippen molar-refractivity contribution in [3.8, 4) is 0 Å². The summed E-state index contributed by atoms with van der Waals surface area (Å²) in [4.78, 5) is 14.8. The number of benzene rings is 1. The van der Waals surface area contributed by atoms with Gasteiger partial charge in [0.25, 0.3) is 0 Å². The molecule has 1 N–H and O–H groups in total. The molecule has 0 atom stereocenters. The van der Waals surface area contributed by atoms with E-state index < -0.39 is 5.97 Å². The molecule has 5 heteroatoms. The van der Waals surface area contributed by atoms with Crippen LogP contribution in [-0.4, -0.2) is 27.2 Å². The largest absolute Gasteiger partial charge is 0.480 e. The van der Waals surface area contributed by atoms with E-state index in [0.717, 1.165) is 22.4 Å². The van der Waals surface area contributed by atoms with Crippen molar-refractivity contribution in [2.24, 2.45) is 7.05 Å². The first-order valence-electron chi connectivity index (χ1n) is 5.29. The number of nitrogens with zero attached hydrogens (tertiary/aromatic N) is 2. The van der Waals surface area contributed by atoms with Crippen LogP contribution in [0.3, 0.4) is 0 Å². The Morgan fingerprint density at radius 2 is 2.29 bits per heavy atom. The number of fused-ring (bicyclic) bond motifs is 1. The first-order valence-corrected chi connectivity index (χ1v) is 5.29. The summed E-state index contributed by atoms with van der Waals surface area (Å²) in [5, 5.41) is 8.48. The topological polar surface area (TPSA) is 64.3 Å². The maximum Gasteiger partial charge on any atom is 0.329 e. The Morgan fingerprint density at radius 3 is 3.00 bits per heavy atom. The molecular formula is C12H14N2O3. The number of aliphatic carboxylic acids is 1. The molecule has 0 spiro atoms. The third-order valence-corrected chi connectivity index (χ3v) is 2.59. The lowest BCUT2D eigenvalue weighted by atomic mass is 10.2. The van der Waals surface area contributed by atoms with Crippen LogP contribution < -0.4 is 0 Å². The Labute approximate surface area is 98.6 Å². The van der Waals surface area contributed by atoms with Crippen LogP contribution >= 0.6 is 0 Å². The zero-order valence-corrected chi connectivity index (χ0v) is 9.80. The summed E-state index contributed by atoms with van der Waals surface area (Å²) in [6.45, 7) is 1.91. The second kappa shape index (κ2) is 4.55. The van der Waals surface area contributed by atoms with Gasteiger partial charge in [0.05, 0.1) is 11.0 Å². The van der Waals surface area contributed by atoms with Crippen LogP contribution in [0, 0.1) is 6.92 Å². The van der Waals surface area contributed by atoms with Crippen LogP contribution in [0.4, 0.5) is 0 Å². The van der Waals surface area contributed by atoms with E-state index in [4.69, 9.17) is 9.84 Å². The van der Waals surface area contributed by atoms with Crippen molar-refractivity contribution in [2.45, 2.75) is 13.5 Å². The van der Waals surface area contributed by atoms with E-state index in [1.165, 1.54) is 0 Å². The zero-order chi connectivity index (χ0) is 12.4. The molecule has 0 bridgehead atoms. The van der Waals surface area contributed by atoms with E-state index in [-0.39, 0.29) is 13.2 Å². The lowest BCUT2D eigenvalue weighted by Gasteiger charge is -2.02. The van der Waals surface area contributed by atoms with Crippen molar-refractivity contribution in [3.05, 3.63) is 29.6 Å². The van der Waals surface area contributed by atoms with Gasteiger partial charge in [-0.15, -0.1) is 0 Å². The average Bonchev–Trinajstić information content (AvgIpc) is 2.55. The highest BCUT2D eigenvalue weighted by molar-refractivity contribution is 5.76. The molecule has 0 saturated heterocycles. The minimum Gasteiger partial charge on any atom is -0.480 e. The number of ether oxygens (including phenoxy) is 1. The fourth-order valence-electron chi connectivity index (χ4n) is 1.72. The predicted octanol–water partition coefficient (Wildman–Crippen LogP) is 1.48. The number of carboxylic acids is 1. The van der Waals surface area contributed by atoms with Crippen molar-refractivity contribution in [2.75, 3.05) is 6.61 Å². The van der Waals surface area contributed by atoms with E-state index >= 15 is 0 Å². The summed E-state index contributed by atoms with van der Waals surface area (Å²) in [5.41, 5.74) is 3.07. The van der Waals surface area contributed by atoms with Crippen molar-refractivity contribution in [1.29, 1.82) is 0 Å². The zero-order valence-electron chi connectivity index (χ0n) is 9.80. The number of carboxylic acid groups (broad SMARTS) is 1. The maximum atomic E-state index is 10.3. The second-order valence-electron chi connectivity index (χ2n) is 3.97. The Balaban J connectivity index is 2.23. The number of hydrogen-bond donors (Lipinski definition) is 1. The monoisotopic (exact) mass is 234 g/mol. The van der Waals surface area contributed by atoms with Gasteiger partial charge in [0.2, 0.25) is 0 Å². The van der Waals surface area contributed by atoms with Gasteiger partial charge in [-0.05, 0) is 24.6 Å². The molecule has 0 aliphatic rings. The molecule has 1 aromatic heterocycles. The fraction of sp³-hybridized carbons (Fsp3) is 0.333. The van der Waals surface area contributed by atoms with E-state index in [1.807, 2.05) is 36.7 Å². The van der Waals surface area contributed by atoms with Crippen molar-refractivity contribution in [1.82, 2.24) is 9.55 Å². The molecule has 5 nitrogen and oxygen atoms in total. The molecule has 1 heterocycles. The number of aromatic nitrogens is 2. The molecule has 0 fully saturated rings. The quantitative estimate of drug-likeness (QED) is 0.870. The number of imidazole rings is 1. The molecule has 2 aromatic rings. The number of hydrogen-bond acceptors (Lipinski definition) is 3. The maximum absolute atomic E-state index is 10.3. The molecule has 0 amide bonds. The molecular weight excluding hydrogens is 220 g/mol. The fourth-order valence-corrected chi connectivity index (χ4v) is 1.72. The molecule has 2 rings (SSSR count). The van der Waals surface area contributed by atoms with Crippen molar-refractivity contribution >= 4 is 17.0 Å².